The van der Waals surface area contributed by atoms with Crippen molar-refractivity contribution >= 4 is 35.5 Å². The normalized spacial score (nSPS) is 19.2. The number of carbonyl (C=O) groups is 4. The fourth-order valence-corrected chi connectivity index (χ4v) is 4.10. The van der Waals surface area contributed by atoms with Crippen LogP contribution in [0.2, 0.25) is 0 Å². The third-order valence-corrected chi connectivity index (χ3v) is 6.00. The Bertz CT molecular complexity index is 643. The molecule has 1 heterocycles. The zero-order chi connectivity index (χ0) is 23.7. The predicted octanol–water partition coefficient (Wildman–Crippen LogP) is 0.814. The summed E-state index contributed by atoms with van der Waals surface area (Å²) < 4.78 is 0. The van der Waals surface area contributed by atoms with Gasteiger partial charge in [-0.3, -0.25) is 14.4 Å². The summed E-state index contributed by atoms with van der Waals surface area (Å²) in [5.41, 5.74) is 5.96. The Morgan fingerprint density at radius 1 is 1.16 bits per heavy atom. The van der Waals surface area contributed by atoms with Gasteiger partial charge in [0, 0.05) is 6.54 Å². The highest BCUT2D eigenvalue weighted by Crippen LogP contribution is 2.21. The molecule has 0 bridgehead atoms. The van der Waals surface area contributed by atoms with Crippen LogP contribution in [0.3, 0.4) is 0 Å². The van der Waals surface area contributed by atoms with E-state index in [2.05, 4.69) is 10.6 Å². The van der Waals surface area contributed by atoms with Crippen LogP contribution in [-0.4, -0.2) is 76.4 Å². The molecule has 4 atom stereocenters. The lowest BCUT2D eigenvalue weighted by Crippen LogP contribution is -2.58. The maximum Gasteiger partial charge on any atom is 0.326 e. The van der Waals surface area contributed by atoms with E-state index in [9.17, 15) is 24.3 Å². The summed E-state index contributed by atoms with van der Waals surface area (Å²) in [6, 6.07) is -3.25. The molecule has 4 unspecified atom stereocenters. The first-order chi connectivity index (χ1) is 14.5. The Labute approximate surface area is 189 Å². The quantitative estimate of drug-likeness (QED) is 0.339. The Morgan fingerprint density at radius 2 is 1.81 bits per heavy atom. The van der Waals surface area contributed by atoms with Gasteiger partial charge in [-0.2, -0.15) is 11.8 Å². The van der Waals surface area contributed by atoms with Crippen molar-refractivity contribution in [1.82, 2.24) is 15.5 Å². The number of carbonyl (C=O) groups excluding carboxylic acids is 3. The van der Waals surface area contributed by atoms with E-state index < -0.39 is 36.0 Å². The maximum absolute atomic E-state index is 13.2. The van der Waals surface area contributed by atoms with Crippen molar-refractivity contribution in [2.45, 2.75) is 77.5 Å². The van der Waals surface area contributed by atoms with Gasteiger partial charge in [0.15, 0.2) is 0 Å². The summed E-state index contributed by atoms with van der Waals surface area (Å²) in [5.74, 6) is -1.63. The lowest BCUT2D eigenvalue weighted by atomic mass is 9.99. The fraction of sp³-hybridized carbons (Fsp3) is 0.810. The number of nitrogens with zero attached hydrogens (tertiary/aromatic N) is 1. The van der Waals surface area contributed by atoms with Crippen LogP contribution < -0.4 is 16.4 Å². The summed E-state index contributed by atoms with van der Waals surface area (Å²) in [7, 11) is 0. The molecule has 1 aliphatic heterocycles. The van der Waals surface area contributed by atoms with Gasteiger partial charge in [-0.05, 0) is 49.5 Å². The molecule has 1 rings (SSSR count). The number of carboxylic acid groups (broad SMARTS) is 1. The number of thioether (sulfide) groups is 1. The minimum absolute atomic E-state index is 0.194. The number of hydrogen-bond donors (Lipinski definition) is 4. The van der Waals surface area contributed by atoms with E-state index in [0.717, 1.165) is 0 Å². The van der Waals surface area contributed by atoms with Crippen LogP contribution in [0.4, 0.5) is 0 Å². The summed E-state index contributed by atoms with van der Waals surface area (Å²) in [6.07, 6.45) is 3.77. The largest absolute Gasteiger partial charge is 0.480 e. The number of aliphatic carboxylic acids is 1. The predicted molar refractivity (Wildman–Crippen MR) is 121 cm³/mol. The highest BCUT2D eigenvalue weighted by molar-refractivity contribution is 7.98. The van der Waals surface area contributed by atoms with Crippen molar-refractivity contribution in [2.24, 2.45) is 17.6 Å². The van der Waals surface area contributed by atoms with Crippen LogP contribution in [0.25, 0.3) is 0 Å². The molecule has 0 saturated carbocycles. The molecule has 31 heavy (non-hydrogen) atoms. The molecule has 1 saturated heterocycles. The molecule has 178 valence electrons. The van der Waals surface area contributed by atoms with Gasteiger partial charge in [0.2, 0.25) is 17.7 Å². The molecule has 0 radical (unpaired) electrons. The molecule has 1 fully saturated rings. The van der Waals surface area contributed by atoms with Crippen molar-refractivity contribution in [3.8, 4) is 0 Å². The average Bonchev–Trinajstić information content (AvgIpc) is 3.17. The monoisotopic (exact) mass is 458 g/mol. The number of hydrogen-bond acceptors (Lipinski definition) is 6. The van der Waals surface area contributed by atoms with Crippen molar-refractivity contribution in [3.63, 3.8) is 0 Å². The Kier molecular flexibility index (Phi) is 11.3. The Balaban J connectivity index is 2.88. The minimum Gasteiger partial charge on any atom is -0.480 e. The third-order valence-electron chi connectivity index (χ3n) is 5.36. The molecule has 0 aromatic carbocycles. The molecule has 0 aliphatic carbocycles. The molecule has 3 amide bonds. The number of nitrogens with one attached hydrogen (secondary N) is 2. The zero-order valence-corrected chi connectivity index (χ0v) is 20.0. The molecule has 1 aliphatic rings. The molecular formula is C21H38N4O5S. The van der Waals surface area contributed by atoms with E-state index in [-0.39, 0.29) is 23.7 Å². The van der Waals surface area contributed by atoms with Crippen LogP contribution >= 0.6 is 11.8 Å². The summed E-state index contributed by atoms with van der Waals surface area (Å²) in [6.45, 7) is 7.97. The van der Waals surface area contributed by atoms with Gasteiger partial charge in [-0.25, -0.2) is 4.79 Å². The summed E-state index contributed by atoms with van der Waals surface area (Å²) in [4.78, 5) is 51.5. The first-order valence-electron chi connectivity index (χ1n) is 10.9. The van der Waals surface area contributed by atoms with Gasteiger partial charge in [0.25, 0.3) is 0 Å². The average molecular weight is 459 g/mol. The summed E-state index contributed by atoms with van der Waals surface area (Å²) in [5, 5.41) is 14.7. The van der Waals surface area contributed by atoms with E-state index in [0.29, 0.717) is 38.0 Å². The van der Waals surface area contributed by atoms with Crippen LogP contribution in [0.5, 0.6) is 0 Å². The Hall–Kier alpha value is -1.81. The van der Waals surface area contributed by atoms with E-state index in [4.69, 9.17) is 5.73 Å². The van der Waals surface area contributed by atoms with Crippen molar-refractivity contribution in [1.29, 1.82) is 0 Å². The highest BCUT2D eigenvalue weighted by Gasteiger charge is 2.39. The molecule has 0 spiro atoms. The van der Waals surface area contributed by atoms with Gasteiger partial charge >= 0.3 is 5.97 Å². The van der Waals surface area contributed by atoms with Crippen LogP contribution in [0, 0.1) is 11.8 Å². The first-order valence-corrected chi connectivity index (χ1v) is 12.3. The topological polar surface area (TPSA) is 142 Å². The second kappa shape index (κ2) is 12.9. The smallest absolute Gasteiger partial charge is 0.326 e. The first kappa shape index (κ1) is 27.2. The lowest BCUT2D eigenvalue weighted by Gasteiger charge is -2.31. The highest BCUT2D eigenvalue weighted by atomic mass is 32.2. The SMILES string of the molecule is CSCCC(NC(=O)C1CCCN1C(=O)C(NC(=O)C(N)CC(C)C)C(C)C)C(=O)O. The van der Waals surface area contributed by atoms with Gasteiger partial charge in [0.05, 0.1) is 6.04 Å². The van der Waals surface area contributed by atoms with Crippen LogP contribution in [-0.2, 0) is 19.2 Å². The van der Waals surface area contributed by atoms with Gasteiger partial charge in [-0.1, -0.05) is 27.7 Å². The van der Waals surface area contributed by atoms with Crippen molar-refractivity contribution in [3.05, 3.63) is 0 Å². The minimum atomic E-state index is -1.09. The maximum atomic E-state index is 13.2. The number of amides is 3. The molecule has 0 aromatic rings. The Morgan fingerprint density at radius 3 is 2.32 bits per heavy atom. The molecule has 10 heteroatoms. The standard InChI is InChI=1S/C21H38N4O5S/c1-12(2)11-14(22)18(26)24-17(13(3)4)20(28)25-9-6-7-16(25)19(27)23-15(21(29)30)8-10-31-5/h12-17H,6-11,22H2,1-5H3,(H,23,27)(H,24,26)(H,29,30). The van der Waals surface area contributed by atoms with E-state index >= 15 is 0 Å². The molecule has 5 N–H and O–H groups in total. The van der Waals surface area contributed by atoms with Gasteiger partial charge in [-0.15, -0.1) is 0 Å². The number of carboxylic acids is 1. The number of likely N-dealkylation sites (tertiary alicyclic amines) is 1. The van der Waals surface area contributed by atoms with E-state index in [1.165, 1.54) is 16.7 Å². The van der Waals surface area contributed by atoms with Crippen LogP contribution in [0.1, 0.15) is 53.4 Å². The van der Waals surface area contributed by atoms with Crippen molar-refractivity contribution < 1.29 is 24.3 Å². The van der Waals surface area contributed by atoms with Gasteiger partial charge < -0.3 is 26.4 Å². The van der Waals surface area contributed by atoms with E-state index in [1.807, 2.05) is 34.0 Å². The molecular weight excluding hydrogens is 420 g/mol. The second-order valence-corrected chi connectivity index (χ2v) is 9.82. The molecule has 0 aromatic heterocycles. The van der Waals surface area contributed by atoms with Crippen molar-refractivity contribution in [2.75, 3.05) is 18.6 Å². The zero-order valence-electron chi connectivity index (χ0n) is 19.2. The van der Waals surface area contributed by atoms with Gasteiger partial charge in [0.1, 0.15) is 18.1 Å². The van der Waals surface area contributed by atoms with Crippen LogP contribution in [0.15, 0.2) is 0 Å². The fourth-order valence-electron chi connectivity index (χ4n) is 3.63. The lowest BCUT2D eigenvalue weighted by molar-refractivity contribution is -0.145. The molecule has 9 nitrogen and oxygen atoms in total. The number of nitrogens with two attached hydrogens (primary N) is 1. The summed E-state index contributed by atoms with van der Waals surface area (Å²) >= 11 is 1.50. The third kappa shape index (κ3) is 8.33. The van der Waals surface area contributed by atoms with E-state index in [1.54, 1.807) is 0 Å². The second-order valence-electron chi connectivity index (χ2n) is 8.84. The number of rotatable bonds is 12.